The van der Waals surface area contributed by atoms with Crippen LogP contribution < -0.4 is 10.6 Å². The van der Waals surface area contributed by atoms with E-state index in [-0.39, 0.29) is 43.3 Å². The second-order valence-electron chi connectivity index (χ2n) is 10.4. The number of amides is 2. The molecule has 1 heterocycles. The molecule has 39 heavy (non-hydrogen) atoms. The number of esters is 1. The van der Waals surface area contributed by atoms with Gasteiger partial charge in [-0.05, 0) is 47.6 Å². The molecule has 8 nitrogen and oxygen atoms in total. The van der Waals surface area contributed by atoms with Gasteiger partial charge in [-0.15, -0.1) is 0 Å². The average Bonchev–Trinajstić information content (AvgIpc) is 2.87. The van der Waals surface area contributed by atoms with Crippen molar-refractivity contribution in [1.29, 1.82) is 0 Å². The fraction of sp³-hybridized carbons (Fsp3) is 0.483. The van der Waals surface area contributed by atoms with Crippen LogP contribution in [-0.4, -0.2) is 66.7 Å². The van der Waals surface area contributed by atoms with Gasteiger partial charge in [0, 0.05) is 32.5 Å². The number of benzene rings is 2. The highest BCUT2D eigenvalue weighted by molar-refractivity contribution is 5.83. The van der Waals surface area contributed by atoms with Crippen molar-refractivity contribution < 1.29 is 33.0 Å². The quantitative estimate of drug-likeness (QED) is 0.375. The third-order valence-corrected chi connectivity index (χ3v) is 7.15. The van der Waals surface area contributed by atoms with Crippen molar-refractivity contribution >= 4 is 17.8 Å². The van der Waals surface area contributed by atoms with Gasteiger partial charge in [0.2, 0.25) is 11.8 Å². The highest BCUT2D eigenvalue weighted by Gasteiger charge is 2.41. The van der Waals surface area contributed by atoms with Crippen LogP contribution in [0.5, 0.6) is 0 Å². The van der Waals surface area contributed by atoms with E-state index in [1.54, 1.807) is 0 Å². The number of ether oxygens (including phenoxy) is 1. The van der Waals surface area contributed by atoms with Crippen molar-refractivity contribution in [3.05, 3.63) is 70.8 Å². The smallest absolute Gasteiger partial charge is 0.325 e. The second-order valence-corrected chi connectivity index (χ2v) is 10.4. The third-order valence-electron chi connectivity index (χ3n) is 7.15. The summed E-state index contributed by atoms with van der Waals surface area (Å²) in [4.78, 5) is 38.3. The predicted octanol–water partition coefficient (Wildman–Crippen LogP) is 2.78. The Hall–Kier alpha value is -3.37. The molecule has 10 heteroatoms. The number of nitrogens with one attached hydrogen (secondary N) is 2. The number of carbonyl (C=O) groups excluding carboxylic acids is 3. The van der Waals surface area contributed by atoms with E-state index in [1.807, 2.05) is 24.3 Å². The summed E-state index contributed by atoms with van der Waals surface area (Å²) in [5, 5.41) is 17.2. The van der Waals surface area contributed by atoms with Crippen LogP contribution in [-0.2, 0) is 31.1 Å². The van der Waals surface area contributed by atoms with E-state index >= 15 is 0 Å². The van der Waals surface area contributed by atoms with Crippen molar-refractivity contribution in [3.63, 3.8) is 0 Å². The number of halogens is 2. The van der Waals surface area contributed by atoms with Crippen molar-refractivity contribution in [2.45, 2.75) is 63.6 Å². The van der Waals surface area contributed by atoms with Crippen LogP contribution in [0.25, 0.3) is 0 Å². The maximum absolute atomic E-state index is 13.8. The molecule has 2 aromatic rings. The van der Waals surface area contributed by atoms with E-state index in [4.69, 9.17) is 4.74 Å². The molecular formula is C29H37F2N3O5. The van der Waals surface area contributed by atoms with Gasteiger partial charge in [-0.3, -0.25) is 14.4 Å². The first-order valence-corrected chi connectivity index (χ1v) is 13.0. The van der Waals surface area contributed by atoms with Crippen molar-refractivity contribution in [2.75, 3.05) is 26.7 Å². The van der Waals surface area contributed by atoms with E-state index in [9.17, 15) is 28.3 Å². The Kier molecular flexibility index (Phi) is 10.2. The summed E-state index contributed by atoms with van der Waals surface area (Å²) in [6.07, 6.45) is -0.644. The number of rotatable bonds is 11. The minimum atomic E-state index is -1.14. The van der Waals surface area contributed by atoms with Gasteiger partial charge in [-0.25, -0.2) is 8.78 Å². The first kappa shape index (κ1) is 30.2. The van der Waals surface area contributed by atoms with Crippen LogP contribution in [0.1, 0.15) is 56.2 Å². The Balaban J connectivity index is 1.86. The third kappa shape index (κ3) is 8.06. The van der Waals surface area contributed by atoms with Gasteiger partial charge in [0.15, 0.2) is 0 Å². The first-order valence-electron chi connectivity index (χ1n) is 13.0. The minimum Gasteiger partial charge on any atom is -0.468 e. The molecule has 0 aliphatic carbocycles. The van der Waals surface area contributed by atoms with Crippen LogP contribution in [0.4, 0.5) is 8.78 Å². The average molecular weight is 546 g/mol. The van der Waals surface area contributed by atoms with Crippen LogP contribution in [0.3, 0.4) is 0 Å². The molecule has 212 valence electrons. The molecule has 1 fully saturated rings. The molecule has 0 saturated carbocycles. The van der Waals surface area contributed by atoms with Crippen molar-refractivity contribution in [1.82, 2.24) is 15.5 Å². The Bertz CT molecular complexity index is 1170. The van der Waals surface area contributed by atoms with E-state index in [2.05, 4.69) is 24.5 Å². The Morgan fingerprint density at radius 1 is 1.15 bits per heavy atom. The molecule has 3 rings (SSSR count). The normalized spacial score (nSPS) is 19.1. The summed E-state index contributed by atoms with van der Waals surface area (Å²) in [5.74, 6) is -2.40. The van der Waals surface area contributed by atoms with Crippen molar-refractivity contribution in [2.24, 2.45) is 0 Å². The Morgan fingerprint density at radius 3 is 2.44 bits per heavy atom. The van der Waals surface area contributed by atoms with Crippen LogP contribution >= 0.6 is 0 Å². The van der Waals surface area contributed by atoms with E-state index in [0.29, 0.717) is 13.0 Å². The maximum atomic E-state index is 13.8. The van der Waals surface area contributed by atoms with Gasteiger partial charge < -0.3 is 25.4 Å². The molecule has 0 radical (unpaired) electrons. The molecule has 3 N–H and O–H groups in total. The predicted molar refractivity (Wildman–Crippen MR) is 142 cm³/mol. The fourth-order valence-electron chi connectivity index (χ4n) is 4.96. The van der Waals surface area contributed by atoms with Crippen LogP contribution in [0.15, 0.2) is 42.5 Å². The fourth-order valence-corrected chi connectivity index (χ4v) is 4.96. The maximum Gasteiger partial charge on any atom is 0.325 e. The lowest BCUT2D eigenvalue weighted by Gasteiger charge is -2.43. The molecule has 2 amide bonds. The lowest BCUT2D eigenvalue weighted by atomic mass is 9.79. The summed E-state index contributed by atoms with van der Waals surface area (Å²) in [5.41, 5.74) is 1.40. The lowest BCUT2D eigenvalue weighted by Crippen LogP contribution is -2.57. The van der Waals surface area contributed by atoms with Gasteiger partial charge in [-0.2, -0.15) is 0 Å². The van der Waals surface area contributed by atoms with Gasteiger partial charge in [0.1, 0.15) is 18.2 Å². The lowest BCUT2D eigenvalue weighted by molar-refractivity contribution is -0.149. The zero-order chi connectivity index (χ0) is 28.7. The number of nitrogens with zero attached hydrogens (tertiary/aromatic N) is 1. The number of carbonyl (C=O) groups is 3. The van der Waals surface area contributed by atoms with Gasteiger partial charge >= 0.3 is 5.97 Å². The van der Waals surface area contributed by atoms with E-state index in [0.717, 1.165) is 29.3 Å². The zero-order valence-corrected chi connectivity index (χ0v) is 22.8. The standard InChI is InChI=1S/C29H37F2N3O5/c1-18(2)21-6-5-7-22(13-21)29(8-9-34(27(37)15-29)17-28(38)39-4)32-16-26(36)25(33-19(3)35)12-20-10-23(30)14-24(31)11-20/h5-7,10-11,13-14,18,25-26,32,36H,8-9,12,15-17H2,1-4H3,(H,33,35)/t25-,26+,29?/m0/s1. The molecular weight excluding hydrogens is 508 g/mol. The highest BCUT2D eigenvalue weighted by atomic mass is 19.1. The number of hydrogen-bond acceptors (Lipinski definition) is 6. The van der Waals surface area contributed by atoms with Crippen LogP contribution in [0.2, 0.25) is 0 Å². The summed E-state index contributed by atoms with van der Waals surface area (Å²) in [7, 11) is 1.27. The van der Waals surface area contributed by atoms with Gasteiger partial charge in [-0.1, -0.05) is 38.1 Å². The monoisotopic (exact) mass is 545 g/mol. The molecule has 0 spiro atoms. The molecule has 1 aliphatic heterocycles. The summed E-state index contributed by atoms with van der Waals surface area (Å²) >= 11 is 0. The molecule has 0 bridgehead atoms. The first-order chi connectivity index (χ1) is 18.4. The number of aliphatic hydroxyl groups excluding tert-OH is 1. The van der Waals surface area contributed by atoms with E-state index in [1.165, 1.54) is 18.9 Å². The number of piperidine rings is 1. The second kappa shape index (κ2) is 13.1. The van der Waals surface area contributed by atoms with E-state index < -0.39 is 41.2 Å². The zero-order valence-electron chi connectivity index (χ0n) is 22.8. The minimum absolute atomic E-state index is 0.00121. The van der Waals surface area contributed by atoms with Gasteiger partial charge in [0.25, 0.3) is 0 Å². The number of likely N-dealkylation sites (tertiary alicyclic amines) is 1. The molecule has 2 aromatic carbocycles. The molecule has 1 saturated heterocycles. The number of aliphatic hydroxyl groups is 1. The molecule has 3 atom stereocenters. The topological polar surface area (TPSA) is 108 Å². The molecule has 0 aromatic heterocycles. The molecule has 1 aliphatic rings. The highest BCUT2D eigenvalue weighted by Crippen LogP contribution is 2.35. The van der Waals surface area contributed by atoms with Crippen molar-refractivity contribution in [3.8, 4) is 0 Å². The summed E-state index contributed by atoms with van der Waals surface area (Å²) in [6, 6.07) is 10.1. The SMILES string of the molecule is COC(=O)CN1CCC(NC[C@@H](O)[C@H](Cc2cc(F)cc(F)c2)NC(C)=O)(c2cccc(C(C)C)c2)CC1=O. The van der Waals surface area contributed by atoms with Crippen LogP contribution in [0, 0.1) is 11.6 Å². The molecule has 1 unspecified atom stereocenters. The Labute approximate surface area is 227 Å². The number of methoxy groups -OCH3 is 1. The summed E-state index contributed by atoms with van der Waals surface area (Å²) in [6.45, 7) is 5.57. The Morgan fingerprint density at radius 2 is 1.85 bits per heavy atom. The largest absolute Gasteiger partial charge is 0.468 e. The summed E-state index contributed by atoms with van der Waals surface area (Å²) < 4.78 is 32.2. The van der Waals surface area contributed by atoms with Gasteiger partial charge in [0.05, 0.1) is 24.8 Å². The number of hydrogen-bond donors (Lipinski definition) is 3.